The highest BCUT2D eigenvalue weighted by atomic mass is 32.1. The van der Waals surface area contributed by atoms with Crippen LogP contribution in [-0.4, -0.2) is 37.6 Å². The third-order valence-corrected chi connectivity index (χ3v) is 5.81. The molecule has 0 radical (unpaired) electrons. The number of hydrogen-bond donors (Lipinski definition) is 2. The SMILES string of the molecule is CCNC(=O)NCCCn1c(-c2ccc3c(c2)OCO3)csc1=Nc1ccc(OC)cc1. The lowest BCUT2D eigenvalue weighted by atomic mass is 10.1. The van der Waals surface area contributed by atoms with Crippen LogP contribution in [0.25, 0.3) is 11.3 Å². The maximum absolute atomic E-state index is 11.7. The van der Waals surface area contributed by atoms with Gasteiger partial charge in [0, 0.05) is 30.6 Å². The second-order valence-electron chi connectivity index (χ2n) is 7.07. The van der Waals surface area contributed by atoms with Crippen molar-refractivity contribution in [1.29, 1.82) is 0 Å². The number of rotatable bonds is 8. The van der Waals surface area contributed by atoms with Crippen LogP contribution in [0.2, 0.25) is 0 Å². The highest BCUT2D eigenvalue weighted by Crippen LogP contribution is 2.36. The number of carbonyl (C=O) groups is 1. The summed E-state index contributed by atoms with van der Waals surface area (Å²) in [5, 5.41) is 7.72. The number of amides is 2. The Morgan fingerprint density at radius 3 is 2.75 bits per heavy atom. The van der Waals surface area contributed by atoms with Gasteiger partial charge in [-0.1, -0.05) is 0 Å². The molecule has 4 rings (SSSR count). The summed E-state index contributed by atoms with van der Waals surface area (Å²) in [6.45, 7) is 4.01. The number of ether oxygens (including phenoxy) is 3. The van der Waals surface area contributed by atoms with Gasteiger partial charge in [0.05, 0.1) is 18.5 Å². The van der Waals surface area contributed by atoms with E-state index in [2.05, 4.69) is 20.6 Å². The predicted molar refractivity (Wildman–Crippen MR) is 124 cm³/mol. The molecule has 0 saturated heterocycles. The summed E-state index contributed by atoms with van der Waals surface area (Å²) in [5.74, 6) is 2.29. The van der Waals surface area contributed by atoms with Gasteiger partial charge in [0.15, 0.2) is 16.3 Å². The topological polar surface area (TPSA) is 86.1 Å². The smallest absolute Gasteiger partial charge is 0.314 e. The monoisotopic (exact) mass is 454 g/mol. The molecule has 0 atom stereocenters. The zero-order valence-corrected chi connectivity index (χ0v) is 18.9. The normalized spacial score (nSPS) is 12.6. The molecule has 8 nitrogen and oxygen atoms in total. The number of carbonyl (C=O) groups excluding carboxylic acids is 1. The Hall–Kier alpha value is -3.46. The van der Waals surface area contributed by atoms with Gasteiger partial charge in [-0.25, -0.2) is 9.79 Å². The third-order valence-electron chi connectivity index (χ3n) is 4.94. The van der Waals surface area contributed by atoms with Crippen LogP contribution in [0.15, 0.2) is 52.8 Å². The summed E-state index contributed by atoms with van der Waals surface area (Å²) in [6.07, 6.45) is 0.765. The maximum Gasteiger partial charge on any atom is 0.314 e. The van der Waals surface area contributed by atoms with Crippen molar-refractivity contribution in [2.24, 2.45) is 4.99 Å². The van der Waals surface area contributed by atoms with Gasteiger partial charge in [-0.3, -0.25) is 0 Å². The second-order valence-corrected chi connectivity index (χ2v) is 7.91. The van der Waals surface area contributed by atoms with E-state index in [1.807, 2.05) is 49.4 Å². The Balaban J connectivity index is 1.62. The predicted octanol–water partition coefficient (Wildman–Crippen LogP) is 3.90. The Bertz CT molecular complexity index is 1140. The number of urea groups is 1. The molecule has 0 bridgehead atoms. The lowest BCUT2D eigenvalue weighted by Gasteiger charge is -2.11. The Morgan fingerprint density at radius 1 is 1.16 bits per heavy atom. The van der Waals surface area contributed by atoms with Crippen molar-refractivity contribution in [1.82, 2.24) is 15.2 Å². The fraction of sp³-hybridized carbons (Fsp3) is 0.304. The molecular formula is C23H26N4O4S. The number of aromatic nitrogens is 1. The van der Waals surface area contributed by atoms with Crippen molar-refractivity contribution < 1.29 is 19.0 Å². The molecular weight excluding hydrogens is 428 g/mol. The number of benzene rings is 2. The molecule has 0 saturated carbocycles. The standard InChI is InChI=1S/C23H26N4O4S/c1-3-24-22(28)25-11-4-12-27-19(16-5-10-20-21(13-16)31-15-30-20)14-32-23(27)26-17-6-8-18(29-2)9-7-17/h5-10,13-14H,3-4,11-12,15H2,1-2H3,(H2,24,25,28). The molecule has 1 aliphatic rings. The Kier molecular flexibility index (Phi) is 6.96. The first-order valence-corrected chi connectivity index (χ1v) is 11.3. The maximum atomic E-state index is 11.7. The van der Waals surface area contributed by atoms with Crippen molar-refractivity contribution in [3.8, 4) is 28.5 Å². The minimum absolute atomic E-state index is 0.151. The van der Waals surface area contributed by atoms with Crippen molar-refractivity contribution in [3.05, 3.63) is 52.6 Å². The minimum atomic E-state index is -0.151. The van der Waals surface area contributed by atoms with Crippen LogP contribution in [0.1, 0.15) is 13.3 Å². The lowest BCUT2D eigenvalue weighted by molar-refractivity contribution is 0.174. The fourth-order valence-corrected chi connectivity index (χ4v) is 4.31. The molecule has 0 unspecified atom stereocenters. The fourth-order valence-electron chi connectivity index (χ4n) is 3.35. The van der Waals surface area contributed by atoms with Crippen molar-refractivity contribution in [2.75, 3.05) is 27.0 Å². The summed E-state index contributed by atoms with van der Waals surface area (Å²) in [7, 11) is 1.64. The number of fused-ring (bicyclic) bond motifs is 1. The van der Waals surface area contributed by atoms with Gasteiger partial charge in [-0.15, -0.1) is 11.3 Å². The van der Waals surface area contributed by atoms with E-state index in [1.54, 1.807) is 18.4 Å². The average Bonchev–Trinajstić information content (AvgIpc) is 3.44. The summed E-state index contributed by atoms with van der Waals surface area (Å²) in [5.41, 5.74) is 2.91. The molecule has 168 valence electrons. The highest BCUT2D eigenvalue weighted by molar-refractivity contribution is 7.07. The summed E-state index contributed by atoms with van der Waals surface area (Å²) < 4.78 is 18.4. The van der Waals surface area contributed by atoms with Crippen LogP contribution in [0.5, 0.6) is 17.2 Å². The van der Waals surface area contributed by atoms with Crippen molar-refractivity contribution in [2.45, 2.75) is 19.9 Å². The second kappa shape index (κ2) is 10.2. The first-order chi connectivity index (χ1) is 15.7. The van der Waals surface area contributed by atoms with E-state index in [9.17, 15) is 4.79 Å². The van der Waals surface area contributed by atoms with E-state index < -0.39 is 0 Å². The van der Waals surface area contributed by atoms with E-state index in [1.165, 1.54) is 0 Å². The first kappa shape index (κ1) is 21.8. The molecule has 0 spiro atoms. The molecule has 32 heavy (non-hydrogen) atoms. The molecule has 2 aromatic carbocycles. The molecule has 1 aromatic heterocycles. The van der Waals surface area contributed by atoms with Crippen LogP contribution in [0.4, 0.5) is 10.5 Å². The lowest BCUT2D eigenvalue weighted by Crippen LogP contribution is -2.36. The number of methoxy groups -OCH3 is 1. The molecule has 2 N–H and O–H groups in total. The van der Waals surface area contributed by atoms with E-state index >= 15 is 0 Å². The van der Waals surface area contributed by atoms with E-state index in [4.69, 9.17) is 19.2 Å². The average molecular weight is 455 g/mol. The molecule has 0 aliphatic carbocycles. The summed E-state index contributed by atoms with van der Waals surface area (Å²) in [4.78, 5) is 17.4. The van der Waals surface area contributed by atoms with Gasteiger partial charge >= 0.3 is 6.03 Å². The zero-order valence-electron chi connectivity index (χ0n) is 18.1. The van der Waals surface area contributed by atoms with E-state index in [0.717, 1.165) is 45.4 Å². The number of hydrogen-bond acceptors (Lipinski definition) is 6. The largest absolute Gasteiger partial charge is 0.497 e. The van der Waals surface area contributed by atoms with Gasteiger partial charge in [0.2, 0.25) is 6.79 Å². The van der Waals surface area contributed by atoms with Gasteiger partial charge in [0.1, 0.15) is 5.75 Å². The van der Waals surface area contributed by atoms with E-state index in [-0.39, 0.29) is 12.8 Å². The number of nitrogens with zero attached hydrogens (tertiary/aromatic N) is 2. The van der Waals surface area contributed by atoms with Crippen molar-refractivity contribution in [3.63, 3.8) is 0 Å². The highest BCUT2D eigenvalue weighted by Gasteiger charge is 2.16. The molecule has 9 heteroatoms. The van der Waals surface area contributed by atoms with Crippen LogP contribution >= 0.6 is 11.3 Å². The molecule has 0 fully saturated rings. The molecule has 3 aromatic rings. The van der Waals surface area contributed by atoms with Crippen LogP contribution in [0, 0.1) is 0 Å². The van der Waals surface area contributed by atoms with Crippen molar-refractivity contribution >= 4 is 23.1 Å². The van der Waals surface area contributed by atoms with Gasteiger partial charge in [-0.2, -0.15) is 0 Å². The van der Waals surface area contributed by atoms with Gasteiger partial charge in [0.25, 0.3) is 0 Å². The quantitative estimate of drug-likeness (QED) is 0.506. The first-order valence-electron chi connectivity index (χ1n) is 10.5. The summed E-state index contributed by atoms with van der Waals surface area (Å²) >= 11 is 1.57. The van der Waals surface area contributed by atoms with Crippen LogP contribution < -0.4 is 29.6 Å². The van der Waals surface area contributed by atoms with Crippen LogP contribution in [-0.2, 0) is 6.54 Å². The van der Waals surface area contributed by atoms with Gasteiger partial charge < -0.3 is 29.4 Å². The Labute approximate surface area is 190 Å². The van der Waals surface area contributed by atoms with E-state index in [0.29, 0.717) is 19.6 Å². The third kappa shape index (κ3) is 5.05. The Morgan fingerprint density at radius 2 is 1.97 bits per heavy atom. The van der Waals surface area contributed by atoms with Gasteiger partial charge in [-0.05, 0) is 55.8 Å². The molecule has 1 aliphatic heterocycles. The number of thiazole rings is 1. The van der Waals surface area contributed by atoms with Crippen LogP contribution in [0.3, 0.4) is 0 Å². The molecule has 2 heterocycles. The summed E-state index contributed by atoms with van der Waals surface area (Å²) in [6, 6.07) is 13.4. The molecule has 2 amide bonds. The number of nitrogens with one attached hydrogen (secondary N) is 2. The minimum Gasteiger partial charge on any atom is -0.497 e. The zero-order chi connectivity index (χ0) is 22.3.